The highest BCUT2D eigenvalue weighted by molar-refractivity contribution is 5.90. The molecule has 1 aliphatic heterocycles. The molecule has 2 heterocycles. The van der Waals surface area contributed by atoms with Crippen LogP contribution in [0.25, 0.3) is 10.9 Å². The van der Waals surface area contributed by atoms with E-state index in [0.29, 0.717) is 19.0 Å². The molecule has 0 spiro atoms. The van der Waals surface area contributed by atoms with Crippen molar-refractivity contribution in [3.63, 3.8) is 0 Å². The van der Waals surface area contributed by atoms with Gasteiger partial charge < -0.3 is 10.2 Å². The first-order chi connectivity index (χ1) is 16.9. The van der Waals surface area contributed by atoms with Crippen molar-refractivity contribution >= 4 is 22.6 Å². The quantitative estimate of drug-likeness (QED) is 0.522. The highest BCUT2D eigenvalue weighted by atomic mass is 16.2. The normalized spacial score (nSPS) is 21.3. The predicted octanol–water partition coefficient (Wildman–Crippen LogP) is 5.68. The van der Waals surface area contributed by atoms with Crippen molar-refractivity contribution in [1.29, 1.82) is 5.26 Å². The summed E-state index contributed by atoms with van der Waals surface area (Å²) in [5, 5.41) is 13.7. The SMILES string of the molecule is Cc1cccc([C@@H](C)Nc2nc(C)nc3ccc(C4CCC(C(=O)N5CC(C#N)C5)CC4)cc23)c1. The largest absolute Gasteiger partial charge is 0.363 e. The second-order valence-electron chi connectivity index (χ2n) is 10.3. The van der Waals surface area contributed by atoms with Gasteiger partial charge in [-0.2, -0.15) is 5.26 Å². The third-order valence-electron chi connectivity index (χ3n) is 7.65. The molecule has 5 rings (SSSR count). The van der Waals surface area contributed by atoms with E-state index in [1.54, 1.807) is 0 Å². The van der Waals surface area contributed by atoms with Gasteiger partial charge in [-0.3, -0.25) is 4.79 Å². The molecule has 1 aromatic heterocycles. The molecule has 0 radical (unpaired) electrons. The second kappa shape index (κ2) is 9.65. The van der Waals surface area contributed by atoms with E-state index >= 15 is 0 Å². The van der Waals surface area contributed by atoms with Crippen LogP contribution in [0.4, 0.5) is 5.82 Å². The van der Waals surface area contributed by atoms with Gasteiger partial charge in [-0.15, -0.1) is 0 Å². The Kier molecular flexibility index (Phi) is 6.42. The minimum Gasteiger partial charge on any atom is -0.363 e. The van der Waals surface area contributed by atoms with Gasteiger partial charge in [0.15, 0.2) is 0 Å². The first-order valence-corrected chi connectivity index (χ1v) is 12.7. The minimum absolute atomic E-state index is 0.0233. The number of likely N-dealkylation sites (tertiary alicyclic amines) is 1. The summed E-state index contributed by atoms with van der Waals surface area (Å²) in [6.07, 6.45) is 3.84. The molecule has 1 N–H and O–H groups in total. The van der Waals surface area contributed by atoms with Crippen LogP contribution in [-0.4, -0.2) is 33.9 Å². The van der Waals surface area contributed by atoms with Gasteiger partial charge in [0.1, 0.15) is 11.6 Å². The Morgan fingerprint density at radius 2 is 1.86 bits per heavy atom. The number of carbonyl (C=O) groups excluding carboxylic acids is 1. The number of nitrogens with one attached hydrogen (secondary N) is 1. The highest BCUT2D eigenvalue weighted by Gasteiger charge is 2.36. The molecule has 2 aromatic carbocycles. The lowest BCUT2D eigenvalue weighted by Crippen LogP contribution is -2.51. The number of hydrogen-bond acceptors (Lipinski definition) is 5. The molecule has 2 aliphatic rings. The van der Waals surface area contributed by atoms with E-state index in [9.17, 15) is 4.79 Å². The molecule has 35 heavy (non-hydrogen) atoms. The molecular formula is C29H33N5O. The third kappa shape index (κ3) is 4.86. The Balaban J connectivity index is 1.32. The van der Waals surface area contributed by atoms with Crippen LogP contribution in [0.15, 0.2) is 42.5 Å². The summed E-state index contributed by atoms with van der Waals surface area (Å²) < 4.78 is 0. The summed E-state index contributed by atoms with van der Waals surface area (Å²) >= 11 is 0. The van der Waals surface area contributed by atoms with Crippen LogP contribution >= 0.6 is 0 Å². The van der Waals surface area contributed by atoms with Crippen molar-refractivity contribution in [3.05, 3.63) is 65.0 Å². The molecule has 6 heteroatoms. The van der Waals surface area contributed by atoms with Crippen LogP contribution in [0.2, 0.25) is 0 Å². The van der Waals surface area contributed by atoms with Crippen molar-refractivity contribution in [2.45, 2.75) is 58.4 Å². The van der Waals surface area contributed by atoms with Crippen molar-refractivity contribution < 1.29 is 4.79 Å². The summed E-state index contributed by atoms with van der Waals surface area (Å²) in [7, 11) is 0. The topological polar surface area (TPSA) is 81.9 Å². The number of aromatic nitrogens is 2. The number of rotatable bonds is 5. The van der Waals surface area contributed by atoms with Crippen LogP contribution < -0.4 is 5.32 Å². The number of amides is 1. The molecule has 1 amide bonds. The Hall–Kier alpha value is -3.46. The standard InChI is InChI=1S/C29H33N5O/c1-18-5-4-6-24(13-18)19(2)31-28-26-14-25(11-12-27(26)32-20(3)33-28)22-7-9-23(10-8-22)29(35)34-16-21(15-30)17-34/h4-6,11-14,19,21-23H,7-10,16-17H2,1-3H3,(H,31,32,33)/t19-,22?,23?/m1/s1. The molecule has 1 saturated heterocycles. The van der Waals surface area contributed by atoms with E-state index in [1.165, 1.54) is 16.7 Å². The third-order valence-corrected chi connectivity index (χ3v) is 7.65. The lowest BCUT2D eigenvalue weighted by Gasteiger charge is -2.39. The average Bonchev–Trinajstić information content (AvgIpc) is 2.83. The fourth-order valence-corrected chi connectivity index (χ4v) is 5.53. The molecule has 1 atom stereocenters. The maximum Gasteiger partial charge on any atom is 0.225 e. The zero-order valence-electron chi connectivity index (χ0n) is 20.8. The summed E-state index contributed by atoms with van der Waals surface area (Å²) in [5.74, 6) is 2.44. The van der Waals surface area contributed by atoms with E-state index in [2.05, 4.69) is 72.7 Å². The smallest absolute Gasteiger partial charge is 0.225 e. The number of carbonyl (C=O) groups is 1. The van der Waals surface area contributed by atoms with E-state index in [1.807, 2.05) is 11.8 Å². The van der Waals surface area contributed by atoms with Gasteiger partial charge in [0.25, 0.3) is 0 Å². The maximum atomic E-state index is 12.8. The number of aryl methyl sites for hydroxylation is 2. The van der Waals surface area contributed by atoms with Gasteiger partial charge in [0.2, 0.25) is 5.91 Å². The van der Waals surface area contributed by atoms with Gasteiger partial charge >= 0.3 is 0 Å². The Morgan fingerprint density at radius 1 is 1.09 bits per heavy atom. The number of nitriles is 1. The summed E-state index contributed by atoms with van der Waals surface area (Å²) in [5.41, 5.74) is 4.73. The van der Waals surface area contributed by atoms with Crippen LogP contribution in [0.5, 0.6) is 0 Å². The van der Waals surface area contributed by atoms with Crippen LogP contribution in [-0.2, 0) is 4.79 Å². The molecule has 0 bridgehead atoms. The van der Waals surface area contributed by atoms with E-state index < -0.39 is 0 Å². The van der Waals surface area contributed by atoms with Gasteiger partial charge in [-0.1, -0.05) is 35.9 Å². The lowest BCUT2D eigenvalue weighted by molar-refractivity contribution is -0.141. The van der Waals surface area contributed by atoms with Crippen LogP contribution in [0, 0.1) is 37.0 Å². The van der Waals surface area contributed by atoms with Gasteiger partial charge in [-0.25, -0.2) is 9.97 Å². The summed E-state index contributed by atoms with van der Waals surface area (Å²) in [4.78, 5) is 24.1. The van der Waals surface area contributed by atoms with Gasteiger partial charge in [-0.05, 0) is 75.6 Å². The Bertz CT molecular complexity index is 1280. The molecule has 0 unspecified atom stereocenters. The predicted molar refractivity (Wildman–Crippen MR) is 138 cm³/mol. The van der Waals surface area contributed by atoms with Crippen LogP contribution in [0.3, 0.4) is 0 Å². The fourth-order valence-electron chi connectivity index (χ4n) is 5.53. The maximum absolute atomic E-state index is 12.8. The van der Waals surface area contributed by atoms with Crippen molar-refractivity contribution in [2.24, 2.45) is 11.8 Å². The Morgan fingerprint density at radius 3 is 2.57 bits per heavy atom. The molecule has 6 nitrogen and oxygen atoms in total. The summed E-state index contributed by atoms with van der Waals surface area (Å²) in [6, 6.07) is 17.5. The molecular weight excluding hydrogens is 434 g/mol. The summed E-state index contributed by atoms with van der Waals surface area (Å²) in [6.45, 7) is 7.43. The number of anilines is 1. The van der Waals surface area contributed by atoms with Crippen molar-refractivity contribution in [1.82, 2.24) is 14.9 Å². The average molecular weight is 468 g/mol. The van der Waals surface area contributed by atoms with Gasteiger partial charge in [0.05, 0.1) is 17.5 Å². The van der Waals surface area contributed by atoms with E-state index in [0.717, 1.165) is 48.2 Å². The number of hydrogen-bond donors (Lipinski definition) is 1. The monoisotopic (exact) mass is 467 g/mol. The molecule has 1 saturated carbocycles. The second-order valence-corrected chi connectivity index (χ2v) is 10.3. The number of fused-ring (bicyclic) bond motifs is 1. The Labute approximate surface area is 207 Å². The lowest BCUT2D eigenvalue weighted by atomic mass is 9.77. The van der Waals surface area contributed by atoms with Crippen LogP contribution in [0.1, 0.15) is 67.1 Å². The fraction of sp³-hybridized carbons (Fsp3) is 0.448. The molecule has 180 valence electrons. The zero-order valence-corrected chi connectivity index (χ0v) is 20.8. The van der Waals surface area contributed by atoms with Crippen molar-refractivity contribution in [2.75, 3.05) is 18.4 Å². The number of benzene rings is 2. The number of nitrogens with zero attached hydrogens (tertiary/aromatic N) is 4. The van der Waals surface area contributed by atoms with E-state index in [-0.39, 0.29) is 23.8 Å². The molecule has 2 fully saturated rings. The molecule has 3 aromatic rings. The molecule has 1 aliphatic carbocycles. The van der Waals surface area contributed by atoms with E-state index in [4.69, 9.17) is 10.2 Å². The zero-order chi connectivity index (χ0) is 24.5. The minimum atomic E-state index is 0.0233. The first-order valence-electron chi connectivity index (χ1n) is 12.7. The first kappa shape index (κ1) is 23.3. The van der Waals surface area contributed by atoms with Crippen molar-refractivity contribution in [3.8, 4) is 6.07 Å². The van der Waals surface area contributed by atoms with Gasteiger partial charge in [0, 0.05) is 30.4 Å². The highest BCUT2D eigenvalue weighted by Crippen LogP contribution is 2.39.